The molecule has 0 saturated heterocycles. The maximum absolute atomic E-state index is 12.4. The molecule has 2 aromatic carbocycles. The lowest BCUT2D eigenvalue weighted by Gasteiger charge is -2.04. The number of hydrogen-bond acceptors (Lipinski definition) is 6. The average Bonchev–Trinajstić information content (AvgIpc) is 3.10. The minimum Gasteiger partial charge on any atom is -0.497 e. The molecule has 3 aromatic rings. The number of nitro benzene ring substituents is 1. The van der Waals surface area contributed by atoms with Gasteiger partial charge in [0.05, 0.1) is 28.3 Å². The van der Waals surface area contributed by atoms with Gasteiger partial charge >= 0.3 is 0 Å². The number of nitrogens with zero attached hydrogens (tertiary/aromatic N) is 2. The summed E-state index contributed by atoms with van der Waals surface area (Å²) in [6, 6.07) is 11.1. The van der Waals surface area contributed by atoms with Crippen molar-refractivity contribution in [2.24, 2.45) is 0 Å². The summed E-state index contributed by atoms with van der Waals surface area (Å²) in [5, 5.41) is 15.8. The number of anilines is 1. The molecule has 9 heteroatoms. The summed E-state index contributed by atoms with van der Waals surface area (Å²) in [4.78, 5) is 27.0. The molecule has 0 fully saturated rings. The van der Waals surface area contributed by atoms with Crippen LogP contribution in [0.15, 0.2) is 47.8 Å². The van der Waals surface area contributed by atoms with Gasteiger partial charge in [0.1, 0.15) is 5.75 Å². The number of amides is 1. The third-order valence-electron chi connectivity index (χ3n) is 3.50. The smallest absolute Gasteiger partial charge is 0.270 e. The van der Waals surface area contributed by atoms with Crippen LogP contribution in [-0.2, 0) is 0 Å². The van der Waals surface area contributed by atoms with Crippen LogP contribution in [0.4, 0.5) is 10.8 Å². The molecule has 1 aromatic heterocycles. The van der Waals surface area contributed by atoms with Gasteiger partial charge in [0, 0.05) is 23.1 Å². The van der Waals surface area contributed by atoms with Crippen LogP contribution in [0.1, 0.15) is 10.4 Å². The van der Waals surface area contributed by atoms with Crippen LogP contribution in [0.25, 0.3) is 11.3 Å². The Hall–Kier alpha value is -2.97. The van der Waals surface area contributed by atoms with Gasteiger partial charge in [-0.05, 0) is 18.2 Å². The van der Waals surface area contributed by atoms with E-state index in [0.717, 1.165) is 11.6 Å². The number of methoxy groups -OCH3 is 1. The van der Waals surface area contributed by atoms with Gasteiger partial charge < -0.3 is 4.74 Å². The van der Waals surface area contributed by atoms with Crippen LogP contribution in [-0.4, -0.2) is 22.9 Å². The Balaban J connectivity index is 1.82. The van der Waals surface area contributed by atoms with E-state index in [2.05, 4.69) is 10.3 Å². The topological polar surface area (TPSA) is 94.4 Å². The van der Waals surface area contributed by atoms with E-state index in [0.29, 0.717) is 16.6 Å². The Morgan fingerprint density at radius 2 is 2.12 bits per heavy atom. The zero-order valence-corrected chi connectivity index (χ0v) is 15.0. The number of aromatic nitrogens is 1. The highest BCUT2D eigenvalue weighted by molar-refractivity contribution is 7.14. The molecule has 0 unspecified atom stereocenters. The fraction of sp³-hybridized carbons (Fsp3) is 0.0588. The number of nitro groups is 1. The highest BCUT2D eigenvalue weighted by Crippen LogP contribution is 2.28. The number of nitrogens with one attached hydrogen (secondary N) is 1. The fourth-order valence-electron chi connectivity index (χ4n) is 2.21. The van der Waals surface area contributed by atoms with Crippen molar-refractivity contribution < 1.29 is 14.5 Å². The quantitative estimate of drug-likeness (QED) is 0.507. The number of thiazole rings is 1. The van der Waals surface area contributed by atoms with Crippen molar-refractivity contribution in [1.82, 2.24) is 4.98 Å². The summed E-state index contributed by atoms with van der Waals surface area (Å²) < 4.78 is 5.19. The van der Waals surface area contributed by atoms with Crippen molar-refractivity contribution in [1.29, 1.82) is 0 Å². The van der Waals surface area contributed by atoms with Gasteiger partial charge in [-0.3, -0.25) is 20.2 Å². The van der Waals surface area contributed by atoms with Gasteiger partial charge in [-0.1, -0.05) is 23.7 Å². The van der Waals surface area contributed by atoms with E-state index in [1.54, 1.807) is 12.5 Å². The molecule has 7 nitrogen and oxygen atoms in total. The molecule has 3 rings (SSSR count). The number of benzene rings is 2. The predicted octanol–water partition coefficient (Wildman–Crippen LogP) is 4.63. The zero-order valence-electron chi connectivity index (χ0n) is 13.4. The number of non-ortho nitro benzene ring substituents is 1. The molecular formula is C17H12ClN3O4S. The molecular weight excluding hydrogens is 378 g/mol. The highest BCUT2D eigenvalue weighted by Gasteiger charge is 2.17. The van der Waals surface area contributed by atoms with Crippen LogP contribution in [0.5, 0.6) is 5.75 Å². The van der Waals surface area contributed by atoms with Crippen molar-refractivity contribution in [2.45, 2.75) is 0 Å². The predicted molar refractivity (Wildman–Crippen MR) is 100 cm³/mol. The van der Waals surface area contributed by atoms with Crippen molar-refractivity contribution in [3.63, 3.8) is 0 Å². The van der Waals surface area contributed by atoms with Gasteiger partial charge in [-0.2, -0.15) is 0 Å². The third kappa shape index (κ3) is 3.81. The number of halogens is 1. The maximum Gasteiger partial charge on any atom is 0.270 e. The summed E-state index contributed by atoms with van der Waals surface area (Å²) in [7, 11) is 1.58. The first-order chi connectivity index (χ1) is 12.5. The normalized spacial score (nSPS) is 10.4. The lowest BCUT2D eigenvalue weighted by molar-refractivity contribution is -0.384. The van der Waals surface area contributed by atoms with E-state index in [4.69, 9.17) is 16.3 Å². The second kappa shape index (κ2) is 7.51. The van der Waals surface area contributed by atoms with Gasteiger partial charge in [-0.25, -0.2) is 4.98 Å². The Morgan fingerprint density at radius 1 is 1.31 bits per heavy atom. The second-order valence-corrected chi connectivity index (χ2v) is 6.41. The summed E-state index contributed by atoms with van der Waals surface area (Å²) in [6.45, 7) is 0. The van der Waals surface area contributed by atoms with Crippen LogP contribution >= 0.6 is 22.9 Å². The van der Waals surface area contributed by atoms with Crippen molar-refractivity contribution in [3.8, 4) is 17.0 Å². The van der Waals surface area contributed by atoms with Gasteiger partial charge in [0.2, 0.25) is 0 Å². The first-order valence-electron chi connectivity index (χ1n) is 7.33. The summed E-state index contributed by atoms with van der Waals surface area (Å²) >= 11 is 7.22. The SMILES string of the molecule is COc1cccc(-c2csc(NC(=O)c3cc([N+](=O)[O-])ccc3Cl)n2)c1. The lowest BCUT2D eigenvalue weighted by atomic mass is 10.2. The summed E-state index contributed by atoms with van der Waals surface area (Å²) in [6.07, 6.45) is 0. The summed E-state index contributed by atoms with van der Waals surface area (Å²) in [5.41, 5.74) is 1.32. The Morgan fingerprint density at radius 3 is 2.85 bits per heavy atom. The maximum atomic E-state index is 12.4. The number of carbonyl (C=O) groups is 1. The first-order valence-corrected chi connectivity index (χ1v) is 8.59. The van der Waals surface area contributed by atoms with Gasteiger partial charge in [-0.15, -0.1) is 11.3 Å². The van der Waals surface area contributed by atoms with Crippen molar-refractivity contribution >= 4 is 39.7 Å². The van der Waals surface area contributed by atoms with Gasteiger partial charge in [0.25, 0.3) is 11.6 Å². The second-order valence-electron chi connectivity index (χ2n) is 5.15. The number of carbonyl (C=O) groups excluding carboxylic acids is 1. The lowest BCUT2D eigenvalue weighted by Crippen LogP contribution is -2.12. The third-order valence-corrected chi connectivity index (χ3v) is 4.58. The minimum atomic E-state index is -0.586. The van der Waals surface area contributed by atoms with Crippen molar-refractivity contribution in [3.05, 3.63) is 68.5 Å². The molecule has 0 spiro atoms. The molecule has 26 heavy (non-hydrogen) atoms. The minimum absolute atomic E-state index is 0.0130. The van der Waals surface area contributed by atoms with E-state index in [1.165, 1.54) is 23.5 Å². The molecule has 0 radical (unpaired) electrons. The molecule has 132 valence electrons. The van der Waals surface area contributed by atoms with Crippen LogP contribution < -0.4 is 10.1 Å². The molecule has 0 aliphatic rings. The zero-order chi connectivity index (χ0) is 18.7. The van der Waals surface area contributed by atoms with Crippen LogP contribution in [0.2, 0.25) is 5.02 Å². The van der Waals surface area contributed by atoms with E-state index >= 15 is 0 Å². The van der Waals surface area contributed by atoms with E-state index in [-0.39, 0.29) is 16.3 Å². The summed E-state index contributed by atoms with van der Waals surface area (Å²) in [5.74, 6) is 0.134. The number of hydrogen-bond donors (Lipinski definition) is 1. The fourth-order valence-corrected chi connectivity index (χ4v) is 3.13. The highest BCUT2D eigenvalue weighted by atomic mass is 35.5. The first kappa shape index (κ1) is 17.8. The van der Waals surface area contributed by atoms with Crippen LogP contribution in [0.3, 0.4) is 0 Å². The average molecular weight is 390 g/mol. The van der Waals surface area contributed by atoms with Gasteiger partial charge in [0.15, 0.2) is 5.13 Å². The molecule has 0 aliphatic carbocycles. The molecule has 0 atom stereocenters. The number of ether oxygens (including phenoxy) is 1. The molecule has 1 N–H and O–H groups in total. The molecule has 1 amide bonds. The van der Waals surface area contributed by atoms with E-state index in [1.807, 2.05) is 24.3 Å². The molecule has 0 aliphatic heterocycles. The Labute approximate surface area is 157 Å². The van der Waals surface area contributed by atoms with Crippen LogP contribution in [0, 0.1) is 10.1 Å². The molecule has 0 saturated carbocycles. The Bertz CT molecular complexity index is 990. The standard InChI is InChI=1S/C17H12ClN3O4S/c1-25-12-4-2-3-10(7-12)15-9-26-17(19-15)20-16(22)13-8-11(21(23)24)5-6-14(13)18/h2-9H,1H3,(H,19,20,22). The molecule has 0 bridgehead atoms. The van der Waals surface area contributed by atoms with E-state index in [9.17, 15) is 14.9 Å². The number of rotatable bonds is 5. The molecule has 1 heterocycles. The van der Waals surface area contributed by atoms with E-state index < -0.39 is 10.8 Å². The largest absolute Gasteiger partial charge is 0.497 e. The monoisotopic (exact) mass is 389 g/mol. The Kier molecular flexibility index (Phi) is 5.15. The van der Waals surface area contributed by atoms with Crippen molar-refractivity contribution in [2.75, 3.05) is 12.4 Å².